The van der Waals surface area contributed by atoms with Gasteiger partial charge in [-0.1, -0.05) is 93.2 Å². The number of unbranched alkanes of at least 4 members (excludes halogenated alkanes) is 3. The first-order valence-corrected chi connectivity index (χ1v) is 21.5. The van der Waals surface area contributed by atoms with Crippen LogP contribution in [0.3, 0.4) is 0 Å². The lowest BCUT2D eigenvalue weighted by molar-refractivity contribution is -0.307. The maximum atomic E-state index is 11.5. The van der Waals surface area contributed by atoms with Crippen molar-refractivity contribution in [3.05, 3.63) is 72.9 Å². The molecule has 0 spiro atoms. The van der Waals surface area contributed by atoms with E-state index >= 15 is 0 Å². The van der Waals surface area contributed by atoms with Crippen molar-refractivity contribution in [3.8, 4) is 0 Å². The molecule has 0 aromatic heterocycles. The summed E-state index contributed by atoms with van der Waals surface area (Å²) in [6.07, 6.45) is 12.6. The van der Waals surface area contributed by atoms with Crippen LogP contribution in [-0.4, -0.2) is 156 Å². The van der Waals surface area contributed by atoms with Gasteiger partial charge in [0.25, 0.3) is 0 Å². The van der Waals surface area contributed by atoms with Crippen molar-refractivity contribution >= 4 is 11.9 Å². The molecule has 0 amide bonds. The normalized spacial score (nSPS) is 23.7. The van der Waals surface area contributed by atoms with Crippen molar-refractivity contribution in [2.24, 2.45) is 0 Å². The Bertz CT molecular complexity index is 1330. The van der Waals surface area contributed by atoms with Crippen LogP contribution in [-0.2, 0) is 28.5 Å². The average Bonchev–Trinajstić information content (AvgIpc) is 3.23. The molecule has 350 valence electrons. The molecule has 1 saturated heterocycles. The lowest BCUT2D eigenvalue weighted by Gasteiger charge is -2.40. The van der Waals surface area contributed by atoms with Crippen LogP contribution in [0.2, 0.25) is 0 Å². The molecule has 0 saturated carbocycles. The molecule has 1 aliphatic rings. The number of ether oxygens (including phenoxy) is 4. The Morgan fingerprint density at radius 3 is 2.08 bits per heavy atom. The van der Waals surface area contributed by atoms with E-state index in [2.05, 4.69) is 0 Å². The maximum Gasteiger partial charge on any atom is 0.303 e. The predicted molar refractivity (Wildman–Crippen MR) is 228 cm³/mol. The Labute approximate surface area is 360 Å². The number of aliphatic carboxylic acids is 2. The maximum absolute atomic E-state index is 11.5. The fraction of sp³-hybridized carbons (Fsp3) is 0.689. The van der Waals surface area contributed by atoms with Gasteiger partial charge in [0.1, 0.15) is 36.6 Å². The molecule has 0 aromatic rings. The Hall–Kier alpha value is -3.10. The fourth-order valence-corrected chi connectivity index (χ4v) is 5.98. The van der Waals surface area contributed by atoms with Gasteiger partial charge in [0, 0.05) is 12.8 Å². The zero-order valence-corrected chi connectivity index (χ0v) is 35.8. The first-order chi connectivity index (χ1) is 29.2. The second-order valence-electron chi connectivity index (χ2n) is 15.0. The van der Waals surface area contributed by atoms with E-state index in [9.17, 15) is 45.3 Å². The van der Waals surface area contributed by atoms with Gasteiger partial charge in [0.05, 0.1) is 50.3 Å². The minimum Gasteiger partial charge on any atom is -0.481 e. The van der Waals surface area contributed by atoms with Crippen molar-refractivity contribution in [3.63, 3.8) is 0 Å². The summed E-state index contributed by atoms with van der Waals surface area (Å²) in [6, 6.07) is 0. The molecule has 1 aliphatic heterocycles. The molecule has 1 fully saturated rings. The summed E-state index contributed by atoms with van der Waals surface area (Å²) in [5.74, 6) is -1.83. The van der Waals surface area contributed by atoms with E-state index in [0.29, 0.717) is 38.5 Å². The third kappa shape index (κ3) is 26.2. The molecule has 10 N–H and O–H groups in total. The number of hydrogen-bond donors (Lipinski definition) is 10. The topological polar surface area (TPSA) is 273 Å². The van der Waals surface area contributed by atoms with Gasteiger partial charge in [-0.15, -0.1) is 0 Å². The summed E-state index contributed by atoms with van der Waals surface area (Å²) in [6.45, 7) is 2.71. The zero-order valence-electron chi connectivity index (χ0n) is 35.8. The molecule has 1 rings (SSSR count). The Morgan fingerprint density at radius 1 is 0.721 bits per heavy atom. The lowest BCUT2D eigenvalue weighted by Crippen LogP contribution is -2.59. The second-order valence-corrected chi connectivity index (χ2v) is 15.0. The van der Waals surface area contributed by atoms with E-state index in [1.54, 1.807) is 24.3 Å². The fourth-order valence-electron chi connectivity index (χ4n) is 5.98. The van der Waals surface area contributed by atoms with E-state index in [4.69, 9.17) is 34.3 Å². The number of aliphatic hydroxyl groups is 8. The minimum absolute atomic E-state index is 0.00430. The number of rotatable bonds is 35. The third-order valence-electron chi connectivity index (χ3n) is 9.59. The highest BCUT2D eigenvalue weighted by atomic mass is 16.7. The standard InChI is InChI=1S/C45H74O16/c1-3-5-7-9-10-14-21-35(49)38(60-37(22-15-8-6-4-2)36(50)27-25-32(47)19-17-18-24-41(53)54)28-26-34(20-13-11-12-16-23-40(51)52)58-31-39-42(55)43(56)44(57)45(61-39)59-30-33(48)29-46/h5,7-8,10-11,13-15,25-28,32-39,42-50,55-57H,3-4,6,9,12,16-24,29-31H2,1-2H3,(H,51,52)(H,53,54)/b7-5-,13-11-,14-10-,15-8-,27-25+,28-26+/t32?,33?,34?,35?,36?,37?,38?,39-,42+,43+,44-,45-/m1/s1. The highest BCUT2D eigenvalue weighted by Gasteiger charge is 2.44. The number of hydrogen-bond acceptors (Lipinski definition) is 14. The van der Waals surface area contributed by atoms with E-state index < -0.39 is 98.6 Å². The molecule has 1 heterocycles. The van der Waals surface area contributed by atoms with Gasteiger partial charge in [0.2, 0.25) is 0 Å². The predicted octanol–water partition coefficient (Wildman–Crippen LogP) is 3.39. The second kappa shape index (κ2) is 34.4. The SMILES string of the molecule is CC/C=C\C/C=C\CC(O)C(/C=C/C(C/C=C\CCCC(=O)O)OC[C@H]1O[C@@H](OCC(O)CO)[C@H](O)[C@@H](O)[C@H]1O)OC(C/C=C\CCC)C(O)/C=C/C(O)CCCCC(=O)O. The molecule has 0 aromatic carbocycles. The van der Waals surface area contributed by atoms with Gasteiger partial charge in [-0.25, -0.2) is 0 Å². The molecule has 0 aliphatic carbocycles. The monoisotopic (exact) mass is 870 g/mol. The molecule has 0 radical (unpaired) electrons. The van der Waals surface area contributed by atoms with Gasteiger partial charge >= 0.3 is 11.9 Å². The highest BCUT2D eigenvalue weighted by molar-refractivity contribution is 5.66. The molecular formula is C45H74O16. The summed E-state index contributed by atoms with van der Waals surface area (Å²) in [7, 11) is 0. The lowest BCUT2D eigenvalue weighted by atomic mass is 9.99. The summed E-state index contributed by atoms with van der Waals surface area (Å²) in [5, 5.41) is 102. The van der Waals surface area contributed by atoms with Gasteiger partial charge in [-0.3, -0.25) is 9.59 Å². The van der Waals surface area contributed by atoms with Crippen LogP contribution < -0.4 is 0 Å². The molecule has 0 bridgehead atoms. The number of aliphatic hydroxyl groups excluding tert-OH is 8. The third-order valence-corrected chi connectivity index (χ3v) is 9.59. The number of allylic oxidation sites excluding steroid dienone is 5. The van der Waals surface area contributed by atoms with Gasteiger partial charge in [-0.2, -0.15) is 0 Å². The van der Waals surface area contributed by atoms with Gasteiger partial charge in [0.15, 0.2) is 6.29 Å². The van der Waals surface area contributed by atoms with Crippen LogP contribution in [0.15, 0.2) is 72.9 Å². The van der Waals surface area contributed by atoms with Crippen molar-refractivity contribution < 1.29 is 79.6 Å². The summed E-state index contributed by atoms with van der Waals surface area (Å²) < 4.78 is 23.7. The van der Waals surface area contributed by atoms with Crippen molar-refractivity contribution in [1.82, 2.24) is 0 Å². The van der Waals surface area contributed by atoms with Crippen LogP contribution >= 0.6 is 0 Å². The van der Waals surface area contributed by atoms with Crippen LogP contribution in [0, 0.1) is 0 Å². The number of carboxylic acids is 2. The quantitative estimate of drug-likeness (QED) is 0.0323. The van der Waals surface area contributed by atoms with E-state index in [0.717, 1.165) is 19.3 Å². The van der Waals surface area contributed by atoms with E-state index in [1.165, 1.54) is 12.2 Å². The average molecular weight is 871 g/mol. The van der Waals surface area contributed by atoms with Crippen molar-refractivity contribution in [1.29, 1.82) is 0 Å². The summed E-state index contributed by atoms with van der Waals surface area (Å²) in [5.41, 5.74) is 0. The van der Waals surface area contributed by atoms with Crippen LogP contribution in [0.5, 0.6) is 0 Å². The Morgan fingerprint density at radius 2 is 1.39 bits per heavy atom. The van der Waals surface area contributed by atoms with Crippen LogP contribution in [0.1, 0.15) is 104 Å². The molecule has 16 nitrogen and oxygen atoms in total. The summed E-state index contributed by atoms with van der Waals surface area (Å²) in [4.78, 5) is 21.8. The first kappa shape index (κ1) is 55.9. The first-order valence-electron chi connectivity index (χ1n) is 21.5. The highest BCUT2D eigenvalue weighted by Crippen LogP contribution is 2.24. The minimum atomic E-state index is -1.69. The zero-order chi connectivity index (χ0) is 45.4. The van der Waals surface area contributed by atoms with Gasteiger partial charge in [-0.05, 0) is 70.6 Å². The Kier molecular flexibility index (Phi) is 31.5. The van der Waals surface area contributed by atoms with Crippen LogP contribution in [0.4, 0.5) is 0 Å². The van der Waals surface area contributed by atoms with E-state index in [-0.39, 0.29) is 38.7 Å². The van der Waals surface area contributed by atoms with Crippen molar-refractivity contribution in [2.75, 3.05) is 19.8 Å². The summed E-state index contributed by atoms with van der Waals surface area (Å²) >= 11 is 0. The van der Waals surface area contributed by atoms with Crippen LogP contribution in [0.25, 0.3) is 0 Å². The molecule has 12 atom stereocenters. The molecular weight excluding hydrogens is 796 g/mol. The number of carbonyl (C=O) groups is 2. The molecule has 61 heavy (non-hydrogen) atoms. The Balaban J connectivity index is 3.44. The largest absolute Gasteiger partial charge is 0.481 e. The molecule has 7 unspecified atom stereocenters. The molecule has 16 heteroatoms. The van der Waals surface area contributed by atoms with Gasteiger partial charge < -0.3 is 70.0 Å². The van der Waals surface area contributed by atoms with Crippen molar-refractivity contribution in [2.45, 2.75) is 177 Å². The van der Waals surface area contributed by atoms with E-state index in [1.807, 2.05) is 50.3 Å². The number of carboxylic acid groups (broad SMARTS) is 2. The smallest absolute Gasteiger partial charge is 0.303 e.